The van der Waals surface area contributed by atoms with Crippen molar-refractivity contribution >= 4 is 11.0 Å². The molecule has 0 aliphatic rings. The Bertz CT molecular complexity index is 1650. The van der Waals surface area contributed by atoms with Crippen LogP contribution in [0.15, 0.2) is 72.9 Å². The molecule has 206 valence electrons. The number of ether oxygens (including phenoxy) is 2. The molecule has 3 aromatic carbocycles. The fourth-order valence-corrected chi connectivity index (χ4v) is 4.61. The quantitative estimate of drug-likeness (QED) is 0.226. The molecule has 0 aliphatic carbocycles. The Morgan fingerprint density at radius 1 is 0.950 bits per heavy atom. The molecule has 0 amide bonds. The summed E-state index contributed by atoms with van der Waals surface area (Å²) in [5.41, 5.74) is 4.44. The molecular weight excluding hydrogens is 516 g/mol. The number of imidazole rings is 1. The lowest BCUT2D eigenvalue weighted by atomic mass is 10.0. The van der Waals surface area contributed by atoms with E-state index in [9.17, 15) is 14.6 Å². The first-order valence-electron chi connectivity index (χ1n) is 12.8. The van der Waals surface area contributed by atoms with Crippen molar-refractivity contribution in [1.29, 1.82) is 0 Å². The number of rotatable bonds is 10. The van der Waals surface area contributed by atoms with E-state index in [4.69, 9.17) is 14.5 Å². The minimum absolute atomic E-state index is 0.0391. The molecule has 2 N–H and O–H groups in total. The summed E-state index contributed by atoms with van der Waals surface area (Å²) in [4.78, 5) is 8.97. The van der Waals surface area contributed by atoms with Crippen LogP contribution in [0.4, 0.5) is 8.78 Å². The monoisotopic (exact) mass is 545 g/mol. The number of hydrogen-bond donors (Lipinski definition) is 2. The molecular formula is C31H29F2N3O4. The van der Waals surface area contributed by atoms with Gasteiger partial charge < -0.3 is 24.3 Å². The van der Waals surface area contributed by atoms with Crippen LogP contribution in [0.5, 0.6) is 5.88 Å². The number of methoxy groups -OCH3 is 1. The molecule has 9 heteroatoms. The highest BCUT2D eigenvalue weighted by molar-refractivity contribution is 5.77. The predicted molar refractivity (Wildman–Crippen MR) is 147 cm³/mol. The van der Waals surface area contributed by atoms with Gasteiger partial charge in [-0.2, -0.15) is 0 Å². The minimum atomic E-state index is -1.60. The van der Waals surface area contributed by atoms with Gasteiger partial charge in [0.1, 0.15) is 24.1 Å². The molecule has 5 rings (SSSR count). The maximum absolute atomic E-state index is 15.5. The van der Waals surface area contributed by atoms with E-state index < -0.39 is 12.1 Å². The second-order valence-electron chi connectivity index (χ2n) is 9.52. The number of benzene rings is 3. The van der Waals surface area contributed by atoms with Crippen LogP contribution in [0.2, 0.25) is 0 Å². The third kappa shape index (κ3) is 5.86. The zero-order valence-corrected chi connectivity index (χ0v) is 22.1. The third-order valence-electron chi connectivity index (χ3n) is 6.70. The second-order valence-corrected chi connectivity index (χ2v) is 9.52. The number of fused-ring (bicyclic) bond motifs is 1. The highest BCUT2D eigenvalue weighted by Crippen LogP contribution is 2.32. The molecule has 7 nitrogen and oxygen atoms in total. The van der Waals surface area contributed by atoms with Crippen LogP contribution in [0.3, 0.4) is 0 Å². The Balaban J connectivity index is 1.41. The minimum Gasteiger partial charge on any atom is -0.472 e. The average Bonchev–Trinajstić information content (AvgIpc) is 3.27. The summed E-state index contributed by atoms with van der Waals surface area (Å²) in [6, 6.07) is 18.3. The third-order valence-corrected chi connectivity index (χ3v) is 6.70. The van der Waals surface area contributed by atoms with Crippen LogP contribution in [0.1, 0.15) is 34.4 Å². The highest BCUT2D eigenvalue weighted by Gasteiger charge is 2.17. The van der Waals surface area contributed by atoms with E-state index in [1.54, 1.807) is 61.8 Å². The van der Waals surface area contributed by atoms with Crippen LogP contribution >= 0.6 is 0 Å². The number of pyridine rings is 1. The van der Waals surface area contributed by atoms with Gasteiger partial charge in [-0.15, -0.1) is 0 Å². The van der Waals surface area contributed by atoms with Crippen molar-refractivity contribution in [2.75, 3.05) is 13.7 Å². The molecule has 0 bridgehead atoms. The lowest BCUT2D eigenvalue weighted by Gasteiger charge is -2.13. The van der Waals surface area contributed by atoms with Crippen LogP contribution in [-0.4, -0.2) is 38.5 Å². The molecule has 0 fully saturated rings. The summed E-state index contributed by atoms with van der Waals surface area (Å²) in [6.45, 7) is 2.69. The summed E-state index contributed by atoms with van der Waals surface area (Å²) < 4.78 is 42.8. The molecule has 0 radical (unpaired) electrons. The Hall–Kier alpha value is -4.18. The van der Waals surface area contributed by atoms with Gasteiger partial charge in [-0.3, -0.25) is 0 Å². The SMILES string of the molecule is COCCn1c(Cc2ccc(-c3cccnc3OCc3ccc(C)cc3F)c(F)c2)nc2ccc(C(O)O)cc21. The number of aliphatic hydroxyl groups is 2. The number of aromatic nitrogens is 3. The smallest absolute Gasteiger partial charge is 0.221 e. The Kier molecular flexibility index (Phi) is 8.16. The van der Waals surface area contributed by atoms with Crippen molar-refractivity contribution < 1.29 is 28.5 Å². The van der Waals surface area contributed by atoms with Crippen LogP contribution in [0, 0.1) is 18.6 Å². The van der Waals surface area contributed by atoms with Gasteiger partial charge in [0.05, 0.1) is 17.6 Å². The van der Waals surface area contributed by atoms with E-state index in [-0.39, 0.29) is 18.3 Å². The Morgan fingerprint density at radius 2 is 1.80 bits per heavy atom. The first kappa shape index (κ1) is 27.4. The van der Waals surface area contributed by atoms with Gasteiger partial charge in [-0.05, 0) is 54.4 Å². The Labute approximate surface area is 230 Å². The molecule has 5 aromatic rings. The second kappa shape index (κ2) is 11.9. The molecule has 0 atom stereocenters. The van der Waals surface area contributed by atoms with Crippen molar-refractivity contribution in [1.82, 2.24) is 14.5 Å². The Morgan fingerprint density at radius 3 is 2.55 bits per heavy atom. The topological polar surface area (TPSA) is 89.6 Å². The number of hydrogen-bond acceptors (Lipinski definition) is 6. The maximum Gasteiger partial charge on any atom is 0.221 e. The van der Waals surface area contributed by atoms with E-state index in [1.807, 2.05) is 17.6 Å². The molecule has 40 heavy (non-hydrogen) atoms. The summed E-state index contributed by atoms with van der Waals surface area (Å²) in [5, 5.41) is 19.2. The number of aryl methyl sites for hydroxylation is 1. The lowest BCUT2D eigenvalue weighted by Crippen LogP contribution is -2.09. The fourth-order valence-electron chi connectivity index (χ4n) is 4.61. The van der Waals surface area contributed by atoms with E-state index in [1.165, 1.54) is 12.1 Å². The van der Waals surface area contributed by atoms with Crippen LogP contribution in [-0.2, 0) is 24.3 Å². The van der Waals surface area contributed by atoms with Gasteiger partial charge in [0.25, 0.3) is 0 Å². The first-order valence-corrected chi connectivity index (χ1v) is 12.8. The van der Waals surface area contributed by atoms with Crippen LogP contribution < -0.4 is 4.74 Å². The highest BCUT2D eigenvalue weighted by atomic mass is 19.1. The van der Waals surface area contributed by atoms with Crippen molar-refractivity contribution in [2.45, 2.75) is 32.8 Å². The zero-order valence-electron chi connectivity index (χ0n) is 22.1. The van der Waals surface area contributed by atoms with Crippen molar-refractivity contribution in [3.63, 3.8) is 0 Å². The van der Waals surface area contributed by atoms with Crippen molar-refractivity contribution in [3.8, 4) is 17.0 Å². The molecule has 0 aliphatic heterocycles. The standard InChI is InChI=1S/C31H29F2N3O4/c1-19-5-7-22(25(32)14-19)18-40-30-24(4-3-11-34-30)23-9-6-20(15-26(23)33)16-29-35-27-10-8-21(31(37)38)17-28(27)36(29)12-13-39-2/h3-11,14-15,17,31,37-38H,12-13,16,18H2,1-2H3. The van der Waals surface area contributed by atoms with E-state index in [2.05, 4.69) is 4.98 Å². The fraction of sp³-hybridized carbons (Fsp3) is 0.226. The molecule has 0 saturated heterocycles. The number of halogens is 2. The molecule has 0 unspecified atom stereocenters. The van der Waals surface area contributed by atoms with Gasteiger partial charge in [0.15, 0.2) is 6.29 Å². The van der Waals surface area contributed by atoms with Crippen molar-refractivity contribution in [2.24, 2.45) is 0 Å². The first-order chi connectivity index (χ1) is 19.3. The average molecular weight is 546 g/mol. The molecule has 2 aromatic heterocycles. The molecule has 2 heterocycles. The summed E-state index contributed by atoms with van der Waals surface area (Å²) in [7, 11) is 1.60. The van der Waals surface area contributed by atoms with Crippen molar-refractivity contribution in [3.05, 3.63) is 113 Å². The summed E-state index contributed by atoms with van der Waals surface area (Å²) in [6.07, 6.45) is 0.287. The molecule has 0 saturated carbocycles. The van der Waals surface area contributed by atoms with E-state index >= 15 is 4.39 Å². The van der Waals surface area contributed by atoms with Gasteiger partial charge in [0, 0.05) is 48.5 Å². The maximum atomic E-state index is 15.5. The van der Waals surface area contributed by atoms with Gasteiger partial charge >= 0.3 is 0 Å². The van der Waals surface area contributed by atoms with E-state index in [0.717, 1.165) is 11.1 Å². The van der Waals surface area contributed by atoms with Gasteiger partial charge in [-0.1, -0.05) is 30.3 Å². The van der Waals surface area contributed by atoms with Gasteiger partial charge in [-0.25, -0.2) is 18.7 Å². The predicted octanol–water partition coefficient (Wildman–Crippen LogP) is 5.48. The number of nitrogens with zero attached hydrogens (tertiary/aromatic N) is 3. The summed E-state index contributed by atoms with van der Waals surface area (Å²) in [5.74, 6) is 0.0714. The largest absolute Gasteiger partial charge is 0.472 e. The van der Waals surface area contributed by atoms with E-state index in [0.29, 0.717) is 58.7 Å². The zero-order chi connectivity index (χ0) is 28.2. The molecule has 0 spiro atoms. The van der Waals surface area contributed by atoms with Crippen LogP contribution in [0.25, 0.3) is 22.2 Å². The summed E-state index contributed by atoms with van der Waals surface area (Å²) >= 11 is 0. The normalized spacial score (nSPS) is 11.5. The number of aliphatic hydroxyl groups excluding tert-OH is 1. The lowest BCUT2D eigenvalue weighted by molar-refractivity contribution is -0.0424. The van der Waals surface area contributed by atoms with Gasteiger partial charge in [0.2, 0.25) is 5.88 Å².